The number of rotatable bonds is 6. The van der Waals surface area contributed by atoms with Crippen LogP contribution in [0.25, 0.3) is 16.9 Å². The fraction of sp³-hybridized carbons (Fsp3) is 0.130. The van der Waals surface area contributed by atoms with Crippen molar-refractivity contribution in [3.8, 4) is 16.9 Å². The highest BCUT2D eigenvalue weighted by Gasteiger charge is 2.21. The Morgan fingerprint density at radius 1 is 1.18 bits per heavy atom. The van der Waals surface area contributed by atoms with Crippen molar-refractivity contribution in [2.24, 2.45) is 0 Å². The molecule has 0 bridgehead atoms. The Kier molecular flexibility index (Phi) is 6.09. The monoisotopic (exact) mass is 461 g/mol. The third-order valence-electron chi connectivity index (χ3n) is 5.01. The Balaban J connectivity index is 1.63. The molecular weight excluding hydrogens is 442 g/mol. The highest BCUT2D eigenvalue weighted by molar-refractivity contribution is 7.14. The van der Waals surface area contributed by atoms with Gasteiger partial charge >= 0.3 is 0 Å². The first-order valence-corrected chi connectivity index (χ1v) is 11.0. The van der Waals surface area contributed by atoms with Crippen molar-refractivity contribution in [2.75, 3.05) is 5.32 Å². The fourth-order valence-corrected chi connectivity index (χ4v) is 3.99. The van der Waals surface area contributed by atoms with Gasteiger partial charge in [0.05, 0.1) is 10.6 Å². The van der Waals surface area contributed by atoms with E-state index in [0.717, 1.165) is 12.0 Å². The zero-order valence-corrected chi connectivity index (χ0v) is 18.6. The molecule has 1 N–H and O–H groups in total. The first-order chi connectivity index (χ1) is 15.9. The van der Waals surface area contributed by atoms with Crippen molar-refractivity contribution in [1.29, 1.82) is 0 Å². The summed E-state index contributed by atoms with van der Waals surface area (Å²) in [7, 11) is 0. The molecule has 0 aliphatic carbocycles. The average Bonchev–Trinajstić information content (AvgIpc) is 3.27. The van der Waals surface area contributed by atoms with Crippen LogP contribution >= 0.6 is 11.3 Å². The van der Waals surface area contributed by atoms with Crippen molar-refractivity contribution < 1.29 is 9.72 Å². The van der Waals surface area contributed by atoms with Crippen LogP contribution in [-0.4, -0.2) is 25.6 Å². The first kappa shape index (κ1) is 22.0. The smallest absolute Gasteiger partial charge is 0.294 e. The molecule has 0 spiro atoms. The van der Waals surface area contributed by atoms with Crippen molar-refractivity contribution in [1.82, 2.24) is 14.8 Å². The molecule has 9 nitrogen and oxygen atoms in total. The standard InChI is InChI=1S/C23H19N5O4S/c1-3-15-8-10-16(11-9-15)17-13-33-23(24-17)25-22(30)21-20(29)12-14(2)27(26-21)18-6-4-5-7-19(18)28(31)32/h4-13H,3H2,1-2H3,(H,24,25,30). The molecule has 0 radical (unpaired) electrons. The van der Waals surface area contributed by atoms with Gasteiger partial charge in [0.1, 0.15) is 5.69 Å². The number of aromatic nitrogens is 3. The number of nitrogens with zero attached hydrogens (tertiary/aromatic N) is 4. The minimum absolute atomic E-state index is 0.154. The number of para-hydroxylation sites is 2. The predicted octanol–water partition coefficient (Wildman–Crippen LogP) is 4.39. The minimum atomic E-state index is -0.741. The zero-order chi connectivity index (χ0) is 23.5. The summed E-state index contributed by atoms with van der Waals surface area (Å²) in [6.45, 7) is 3.66. The number of nitrogens with one attached hydrogen (secondary N) is 1. The molecule has 2 aromatic carbocycles. The van der Waals surface area contributed by atoms with Gasteiger partial charge in [0.15, 0.2) is 10.8 Å². The van der Waals surface area contributed by atoms with Crippen molar-refractivity contribution in [3.05, 3.63) is 97.3 Å². The van der Waals surface area contributed by atoms with E-state index in [0.29, 0.717) is 16.5 Å². The third-order valence-corrected chi connectivity index (χ3v) is 5.77. The second-order valence-electron chi connectivity index (χ2n) is 7.20. The Hall–Kier alpha value is -4.18. The van der Waals surface area contributed by atoms with E-state index >= 15 is 0 Å². The van der Waals surface area contributed by atoms with Crippen LogP contribution in [0.2, 0.25) is 0 Å². The number of nitro groups is 1. The molecule has 0 saturated heterocycles. The molecule has 2 heterocycles. The van der Waals surface area contributed by atoms with Gasteiger partial charge in [-0.2, -0.15) is 5.10 Å². The second-order valence-corrected chi connectivity index (χ2v) is 8.06. The van der Waals surface area contributed by atoms with Crippen LogP contribution in [0.4, 0.5) is 10.8 Å². The number of carbonyl (C=O) groups is 1. The molecule has 0 aliphatic rings. The molecule has 4 aromatic rings. The van der Waals surface area contributed by atoms with E-state index in [-0.39, 0.29) is 17.1 Å². The lowest BCUT2D eigenvalue weighted by Crippen LogP contribution is -2.27. The summed E-state index contributed by atoms with van der Waals surface area (Å²) in [5.41, 5.74) is 2.17. The number of thiazole rings is 1. The molecule has 33 heavy (non-hydrogen) atoms. The third kappa shape index (κ3) is 4.55. The van der Waals surface area contributed by atoms with E-state index in [1.807, 2.05) is 29.6 Å². The molecule has 1 amide bonds. The number of nitro benzene ring substituents is 1. The number of anilines is 1. The van der Waals surface area contributed by atoms with E-state index in [9.17, 15) is 19.7 Å². The lowest BCUT2D eigenvalue weighted by atomic mass is 10.1. The summed E-state index contributed by atoms with van der Waals surface area (Å²) < 4.78 is 1.22. The molecule has 10 heteroatoms. The quantitative estimate of drug-likeness (QED) is 0.336. The summed E-state index contributed by atoms with van der Waals surface area (Å²) in [5, 5.41) is 20.3. The van der Waals surface area contributed by atoms with E-state index in [1.165, 1.54) is 45.8 Å². The molecule has 166 valence electrons. The maximum absolute atomic E-state index is 12.8. The molecular formula is C23H19N5O4S. The van der Waals surface area contributed by atoms with E-state index in [1.54, 1.807) is 13.0 Å². The Morgan fingerprint density at radius 3 is 2.61 bits per heavy atom. The summed E-state index contributed by atoms with van der Waals surface area (Å²) in [6, 6.07) is 15.2. The highest BCUT2D eigenvalue weighted by atomic mass is 32.1. The largest absolute Gasteiger partial charge is 0.296 e. The van der Waals surface area contributed by atoms with Gasteiger partial charge in [-0.1, -0.05) is 43.3 Å². The van der Waals surface area contributed by atoms with Gasteiger partial charge in [-0.15, -0.1) is 11.3 Å². The van der Waals surface area contributed by atoms with Gasteiger partial charge in [-0.05, 0) is 25.0 Å². The van der Waals surface area contributed by atoms with Crippen LogP contribution in [0.15, 0.2) is 64.8 Å². The number of hydrogen-bond acceptors (Lipinski definition) is 7. The summed E-state index contributed by atoms with van der Waals surface area (Å²) in [4.78, 5) is 40.6. The van der Waals surface area contributed by atoms with Gasteiger partial charge in [-0.3, -0.25) is 25.0 Å². The maximum atomic E-state index is 12.8. The minimum Gasteiger partial charge on any atom is -0.296 e. The molecule has 0 fully saturated rings. The fourth-order valence-electron chi connectivity index (χ4n) is 3.28. The molecule has 2 aromatic heterocycles. The Morgan fingerprint density at radius 2 is 1.91 bits per heavy atom. The van der Waals surface area contributed by atoms with Crippen molar-refractivity contribution >= 4 is 28.1 Å². The van der Waals surface area contributed by atoms with Crippen LogP contribution in [-0.2, 0) is 6.42 Å². The van der Waals surface area contributed by atoms with Crippen LogP contribution in [0, 0.1) is 17.0 Å². The molecule has 0 unspecified atom stereocenters. The van der Waals surface area contributed by atoms with Gasteiger partial charge in [0.25, 0.3) is 11.6 Å². The lowest BCUT2D eigenvalue weighted by Gasteiger charge is -2.11. The van der Waals surface area contributed by atoms with Crippen LogP contribution in [0.1, 0.15) is 28.7 Å². The van der Waals surface area contributed by atoms with Crippen LogP contribution < -0.4 is 10.7 Å². The average molecular weight is 462 g/mol. The second kappa shape index (κ2) is 9.13. The zero-order valence-electron chi connectivity index (χ0n) is 17.8. The lowest BCUT2D eigenvalue weighted by molar-refractivity contribution is -0.384. The van der Waals surface area contributed by atoms with Crippen molar-refractivity contribution in [3.63, 3.8) is 0 Å². The summed E-state index contributed by atoms with van der Waals surface area (Å²) in [5.74, 6) is -0.741. The molecule has 0 aliphatic heterocycles. The normalized spacial score (nSPS) is 10.7. The van der Waals surface area contributed by atoms with Gasteiger partial charge in [0.2, 0.25) is 5.43 Å². The maximum Gasteiger partial charge on any atom is 0.294 e. The molecule has 0 saturated carbocycles. The number of carbonyl (C=O) groups excluding carboxylic acids is 1. The van der Waals surface area contributed by atoms with Gasteiger partial charge in [-0.25, -0.2) is 9.67 Å². The first-order valence-electron chi connectivity index (χ1n) is 10.1. The number of benzene rings is 2. The van der Waals surface area contributed by atoms with E-state index in [4.69, 9.17) is 0 Å². The number of hydrogen-bond donors (Lipinski definition) is 1. The van der Waals surface area contributed by atoms with Crippen LogP contribution in [0.5, 0.6) is 0 Å². The number of aryl methyl sites for hydroxylation is 2. The molecule has 4 rings (SSSR count). The van der Waals surface area contributed by atoms with Gasteiger partial charge < -0.3 is 0 Å². The van der Waals surface area contributed by atoms with Gasteiger partial charge in [0, 0.05) is 28.8 Å². The topological polar surface area (TPSA) is 120 Å². The van der Waals surface area contributed by atoms with Crippen LogP contribution in [0.3, 0.4) is 0 Å². The highest BCUT2D eigenvalue weighted by Crippen LogP contribution is 2.26. The summed E-state index contributed by atoms with van der Waals surface area (Å²) in [6.07, 6.45) is 0.936. The summed E-state index contributed by atoms with van der Waals surface area (Å²) >= 11 is 1.22. The molecule has 0 atom stereocenters. The Labute approximate surface area is 192 Å². The van der Waals surface area contributed by atoms with E-state index in [2.05, 4.69) is 22.3 Å². The van der Waals surface area contributed by atoms with Crippen molar-refractivity contribution in [2.45, 2.75) is 20.3 Å². The predicted molar refractivity (Wildman–Crippen MR) is 126 cm³/mol. The SMILES string of the molecule is CCc1ccc(-c2csc(NC(=O)c3nn(-c4ccccc4[N+](=O)[O-])c(C)cc3=O)n2)cc1. The van der Waals surface area contributed by atoms with E-state index < -0.39 is 16.3 Å². The number of amides is 1. The Bertz CT molecular complexity index is 1410.